The Bertz CT molecular complexity index is 793. The third-order valence-corrected chi connectivity index (χ3v) is 3.61. The van der Waals surface area contributed by atoms with E-state index in [-0.39, 0.29) is 6.61 Å². The van der Waals surface area contributed by atoms with Crippen LogP contribution in [0.15, 0.2) is 53.1 Å². The molecule has 23 heavy (non-hydrogen) atoms. The monoisotopic (exact) mass is 311 g/mol. The summed E-state index contributed by atoms with van der Waals surface area (Å²) >= 11 is 0. The zero-order chi connectivity index (χ0) is 16.2. The van der Waals surface area contributed by atoms with E-state index in [9.17, 15) is 0 Å². The highest BCUT2D eigenvalue weighted by atomic mass is 16.5. The number of benzene rings is 2. The Labute approximate surface area is 134 Å². The molecule has 2 aromatic carbocycles. The van der Waals surface area contributed by atoms with Crippen molar-refractivity contribution < 1.29 is 19.1 Å². The van der Waals surface area contributed by atoms with Crippen LogP contribution in [0, 0.1) is 0 Å². The van der Waals surface area contributed by atoms with Gasteiger partial charge in [0.2, 0.25) is 0 Å². The molecule has 0 saturated heterocycles. The second-order valence-corrected chi connectivity index (χ2v) is 5.00. The molecule has 0 amide bonds. The molecule has 0 saturated carbocycles. The minimum Gasteiger partial charge on any atom is -0.493 e. The molecule has 0 aliphatic rings. The third-order valence-electron chi connectivity index (χ3n) is 3.61. The molecule has 1 aromatic heterocycles. The summed E-state index contributed by atoms with van der Waals surface area (Å²) in [7, 11) is 3.19. The molecule has 5 heteroatoms. The fraction of sp³-hybridized carbons (Fsp3) is 0.167. The van der Waals surface area contributed by atoms with Crippen molar-refractivity contribution in [1.29, 1.82) is 0 Å². The maximum Gasteiger partial charge on any atom is 0.167 e. The summed E-state index contributed by atoms with van der Waals surface area (Å²) in [5.74, 6) is 1.97. The summed E-state index contributed by atoms with van der Waals surface area (Å²) < 4.78 is 16.0. The van der Waals surface area contributed by atoms with Crippen LogP contribution < -0.4 is 9.47 Å². The highest BCUT2D eigenvalue weighted by molar-refractivity contribution is 5.69. The molecule has 0 radical (unpaired) electrons. The molecule has 0 aliphatic carbocycles. The van der Waals surface area contributed by atoms with Gasteiger partial charge in [-0.25, -0.2) is 0 Å². The molecule has 0 atom stereocenters. The van der Waals surface area contributed by atoms with Gasteiger partial charge in [-0.3, -0.25) is 0 Å². The molecule has 5 nitrogen and oxygen atoms in total. The first-order chi connectivity index (χ1) is 11.2. The van der Waals surface area contributed by atoms with Gasteiger partial charge in [-0.15, -0.1) is 0 Å². The van der Waals surface area contributed by atoms with Crippen molar-refractivity contribution in [3.05, 3.63) is 54.1 Å². The Kier molecular flexibility index (Phi) is 4.30. The number of nitrogens with zero attached hydrogens (tertiary/aromatic N) is 1. The molecule has 3 rings (SSSR count). The second-order valence-electron chi connectivity index (χ2n) is 5.00. The van der Waals surface area contributed by atoms with Crippen molar-refractivity contribution in [2.24, 2.45) is 0 Å². The quantitative estimate of drug-likeness (QED) is 0.781. The number of ether oxygens (including phenoxy) is 2. The predicted octanol–water partition coefficient (Wildman–Crippen LogP) is 3.52. The average molecular weight is 311 g/mol. The normalized spacial score (nSPS) is 10.6. The van der Waals surface area contributed by atoms with Crippen LogP contribution in [0.5, 0.6) is 11.5 Å². The maximum atomic E-state index is 9.09. The topological polar surface area (TPSA) is 64.7 Å². The number of hydrogen-bond acceptors (Lipinski definition) is 5. The number of aliphatic hydroxyl groups excluding tert-OH is 1. The van der Waals surface area contributed by atoms with Gasteiger partial charge in [0, 0.05) is 17.2 Å². The van der Waals surface area contributed by atoms with Crippen molar-refractivity contribution in [3.8, 4) is 34.1 Å². The average Bonchev–Trinajstić information content (AvgIpc) is 3.11. The lowest BCUT2D eigenvalue weighted by Crippen LogP contribution is -1.90. The van der Waals surface area contributed by atoms with Gasteiger partial charge in [-0.1, -0.05) is 29.4 Å². The van der Waals surface area contributed by atoms with E-state index in [2.05, 4.69) is 5.16 Å². The Morgan fingerprint density at radius 2 is 1.61 bits per heavy atom. The second kappa shape index (κ2) is 6.54. The van der Waals surface area contributed by atoms with Crippen LogP contribution in [0.3, 0.4) is 0 Å². The Morgan fingerprint density at radius 1 is 0.913 bits per heavy atom. The van der Waals surface area contributed by atoms with Crippen molar-refractivity contribution in [2.75, 3.05) is 14.2 Å². The van der Waals surface area contributed by atoms with Crippen LogP contribution in [0.25, 0.3) is 22.6 Å². The minimum atomic E-state index is 0.0214. The molecule has 1 heterocycles. The van der Waals surface area contributed by atoms with E-state index >= 15 is 0 Å². The molecule has 0 aliphatic heterocycles. The van der Waals surface area contributed by atoms with E-state index < -0.39 is 0 Å². The van der Waals surface area contributed by atoms with Gasteiger partial charge in [0.25, 0.3) is 0 Å². The lowest BCUT2D eigenvalue weighted by Gasteiger charge is -2.07. The van der Waals surface area contributed by atoms with Gasteiger partial charge >= 0.3 is 0 Å². The van der Waals surface area contributed by atoms with Crippen LogP contribution >= 0.6 is 0 Å². The fourth-order valence-corrected chi connectivity index (χ4v) is 2.32. The van der Waals surface area contributed by atoms with E-state index in [1.54, 1.807) is 14.2 Å². The summed E-state index contributed by atoms with van der Waals surface area (Å²) in [4.78, 5) is 0. The summed E-state index contributed by atoms with van der Waals surface area (Å²) in [6, 6.07) is 15.0. The number of methoxy groups -OCH3 is 2. The summed E-state index contributed by atoms with van der Waals surface area (Å²) in [6.45, 7) is 0.0214. The lowest BCUT2D eigenvalue weighted by molar-refractivity contribution is 0.282. The van der Waals surface area contributed by atoms with E-state index in [1.165, 1.54) is 0 Å². The highest BCUT2D eigenvalue weighted by Gasteiger charge is 2.11. The first-order valence-electron chi connectivity index (χ1n) is 7.14. The van der Waals surface area contributed by atoms with Crippen molar-refractivity contribution in [3.63, 3.8) is 0 Å². The van der Waals surface area contributed by atoms with E-state index in [1.807, 2.05) is 48.5 Å². The number of aliphatic hydroxyl groups is 1. The minimum absolute atomic E-state index is 0.0214. The summed E-state index contributed by atoms with van der Waals surface area (Å²) in [6.07, 6.45) is 0. The Morgan fingerprint density at radius 3 is 2.26 bits per heavy atom. The zero-order valence-corrected chi connectivity index (χ0v) is 12.9. The third kappa shape index (κ3) is 3.05. The predicted molar refractivity (Wildman–Crippen MR) is 86.4 cm³/mol. The van der Waals surface area contributed by atoms with Gasteiger partial charge in [0.05, 0.1) is 20.8 Å². The van der Waals surface area contributed by atoms with Crippen LogP contribution in [-0.4, -0.2) is 24.5 Å². The highest BCUT2D eigenvalue weighted by Crippen LogP contribution is 2.33. The first-order valence-corrected chi connectivity index (χ1v) is 7.14. The van der Waals surface area contributed by atoms with Gasteiger partial charge in [0.1, 0.15) is 5.69 Å². The van der Waals surface area contributed by atoms with Crippen LogP contribution in [0.1, 0.15) is 5.56 Å². The van der Waals surface area contributed by atoms with Gasteiger partial charge in [0.15, 0.2) is 17.3 Å². The fourth-order valence-electron chi connectivity index (χ4n) is 2.32. The SMILES string of the molecule is COc1ccc(-c2cc(-c3ccc(CO)cc3)on2)cc1OC. The molecule has 118 valence electrons. The van der Waals surface area contributed by atoms with Crippen molar-refractivity contribution in [1.82, 2.24) is 5.16 Å². The van der Waals surface area contributed by atoms with Gasteiger partial charge in [-0.2, -0.15) is 0 Å². The number of aromatic nitrogens is 1. The Hall–Kier alpha value is -2.79. The summed E-state index contributed by atoms with van der Waals surface area (Å²) in [5.41, 5.74) is 3.35. The van der Waals surface area contributed by atoms with Gasteiger partial charge in [-0.05, 0) is 23.8 Å². The smallest absolute Gasteiger partial charge is 0.167 e. The molecular formula is C18H17NO4. The van der Waals surface area contributed by atoms with Crippen molar-refractivity contribution >= 4 is 0 Å². The van der Waals surface area contributed by atoms with Crippen LogP contribution in [-0.2, 0) is 6.61 Å². The van der Waals surface area contributed by atoms with E-state index in [4.69, 9.17) is 19.1 Å². The number of hydrogen-bond donors (Lipinski definition) is 1. The molecule has 0 bridgehead atoms. The lowest BCUT2D eigenvalue weighted by atomic mass is 10.1. The molecule has 1 N–H and O–H groups in total. The van der Waals surface area contributed by atoms with Crippen molar-refractivity contribution in [2.45, 2.75) is 6.61 Å². The largest absolute Gasteiger partial charge is 0.493 e. The van der Waals surface area contributed by atoms with Crippen LogP contribution in [0.4, 0.5) is 0 Å². The summed E-state index contributed by atoms with van der Waals surface area (Å²) in [5, 5.41) is 13.2. The standard InChI is InChI=1S/C18H17NO4/c1-21-16-8-7-14(9-18(16)22-2)15-10-17(23-19-15)13-5-3-12(11-20)4-6-13/h3-10,20H,11H2,1-2H3. The van der Waals surface area contributed by atoms with Gasteiger partial charge < -0.3 is 19.1 Å². The molecule has 0 spiro atoms. The maximum absolute atomic E-state index is 9.09. The molecule has 0 unspecified atom stereocenters. The van der Waals surface area contributed by atoms with Crippen LogP contribution in [0.2, 0.25) is 0 Å². The molecule has 0 fully saturated rings. The first kappa shape index (κ1) is 15.1. The zero-order valence-electron chi connectivity index (χ0n) is 12.9. The van der Waals surface area contributed by atoms with E-state index in [0.29, 0.717) is 23.0 Å². The van der Waals surface area contributed by atoms with E-state index in [0.717, 1.165) is 16.7 Å². The number of rotatable bonds is 5. The molecular weight excluding hydrogens is 294 g/mol. The Balaban J connectivity index is 1.92. The molecule has 3 aromatic rings.